The zero-order valence-corrected chi connectivity index (χ0v) is 22.4. The third-order valence-corrected chi connectivity index (χ3v) is 8.18. The standard InChI is InChI=1S/C29H38O2P2/c1-5-9-12-18-25(7-3)19-13-10-11-16-22-30-32-23-24-33-29-21-15-14-20-27(29)26(8-4)28(31-33)17-6-2/h7-17,19-22,32H,5-6,18,23-24H2,1-4H3/b11-10-,12-9-,19-13+,22-16+,25-7+,26-8-,28-17+. The first-order valence-electron chi connectivity index (χ1n) is 11.8. The van der Waals surface area contributed by atoms with Crippen LogP contribution < -0.4 is 5.30 Å². The van der Waals surface area contributed by atoms with Crippen molar-refractivity contribution in [1.82, 2.24) is 0 Å². The third-order valence-electron chi connectivity index (χ3n) is 5.03. The number of benzene rings is 1. The molecule has 0 N–H and O–H groups in total. The van der Waals surface area contributed by atoms with E-state index in [4.69, 9.17) is 9.05 Å². The van der Waals surface area contributed by atoms with E-state index < -0.39 is 8.15 Å². The monoisotopic (exact) mass is 480 g/mol. The first-order valence-corrected chi connectivity index (χ1v) is 14.4. The van der Waals surface area contributed by atoms with E-state index in [0.717, 1.165) is 37.3 Å². The fraction of sp³-hybridized carbons (Fsp3) is 0.310. The largest absolute Gasteiger partial charge is 0.485 e. The zero-order valence-electron chi connectivity index (χ0n) is 20.5. The van der Waals surface area contributed by atoms with Gasteiger partial charge in [-0.2, -0.15) is 0 Å². The first kappa shape index (κ1) is 27.1. The molecular formula is C29H38O2P2. The lowest BCUT2D eigenvalue weighted by atomic mass is 10.0. The van der Waals surface area contributed by atoms with Crippen molar-refractivity contribution in [3.05, 3.63) is 108 Å². The van der Waals surface area contributed by atoms with Crippen LogP contribution in [0.3, 0.4) is 0 Å². The maximum absolute atomic E-state index is 6.45. The summed E-state index contributed by atoms with van der Waals surface area (Å²) in [6.07, 6.45) is 28.0. The number of hydrogen-bond acceptors (Lipinski definition) is 2. The second-order valence-corrected chi connectivity index (χ2v) is 10.3. The molecule has 2 nitrogen and oxygen atoms in total. The number of rotatable bonds is 12. The van der Waals surface area contributed by atoms with Gasteiger partial charge in [-0.25, -0.2) is 0 Å². The second-order valence-electron chi connectivity index (χ2n) is 7.42. The van der Waals surface area contributed by atoms with Crippen LogP contribution in [0.1, 0.15) is 52.5 Å². The minimum atomic E-state index is -0.657. The van der Waals surface area contributed by atoms with Gasteiger partial charge in [0, 0.05) is 23.2 Å². The average molecular weight is 481 g/mol. The number of fused-ring (bicyclic) bond motifs is 1. The van der Waals surface area contributed by atoms with Crippen LogP contribution in [0.15, 0.2) is 103 Å². The van der Waals surface area contributed by atoms with Crippen molar-refractivity contribution < 1.29 is 9.05 Å². The summed E-state index contributed by atoms with van der Waals surface area (Å²) in [5.74, 6) is 1.04. The van der Waals surface area contributed by atoms with Crippen molar-refractivity contribution in [2.24, 2.45) is 0 Å². The van der Waals surface area contributed by atoms with E-state index in [1.165, 1.54) is 22.0 Å². The predicted octanol–water partition coefficient (Wildman–Crippen LogP) is 8.98. The Balaban J connectivity index is 1.79. The minimum Gasteiger partial charge on any atom is -0.485 e. The van der Waals surface area contributed by atoms with Gasteiger partial charge in [-0.1, -0.05) is 86.7 Å². The van der Waals surface area contributed by atoms with Crippen LogP contribution in [0.5, 0.6) is 0 Å². The highest BCUT2D eigenvalue weighted by Gasteiger charge is 2.27. The highest BCUT2D eigenvalue weighted by molar-refractivity contribution is 7.61. The van der Waals surface area contributed by atoms with Crippen LogP contribution in [0.2, 0.25) is 0 Å². The molecule has 0 bridgehead atoms. The van der Waals surface area contributed by atoms with E-state index in [2.05, 4.69) is 94.5 Å². The fourth-order valence-electron chi connectivity index (χ4n) is 3.38. The molecule has 176 valence electrons. The molecule has 0 fully saturated rings. The van der Waals surface area contributed by atoms with Gasteiger partial charge >= 0.3 is 0 Å². The van der Waals surface area contributed by atoms with Gasteiger partial charge < -0.3 is 9.05 Å². The molecule has 1 aliphatic rings. The molecule has 2 atom stereocenters. The topological polar surface area (TPSA) is 18.5 Å². The van der Waals surface area contributed by atoms with Gasteiger partial charge in [0.05, 0.1) is 15.1 Å². The molecule has 0 saturated heterocycles. The van der Waals surface area contributed by atoms with Gasteiger partial charge in [-0.15, -0.1) is 0 Å². The summed E-state index contributed by atoms with van der Waals surface area (Å²) in [4.78, 5) is 0. The molecule has 0 radical (unpaired) electrons. The molecule has 1 aliphatic heterocycles. The van der Waals surface area contributed by atoms with E-state index in [-0.39, 0.29) is 0 Å². The lowest BCUT2D eigenvalue weighted by Gasteiger charge is -2.30. The number of allylic oxidation sites excluding steroid dienone is 12. The summed E-state index contributed by atoms with van der Waals surface area (Å²) in [5, 5.41) is 1.34. The Bertz CT molecular complexity index is 933. The van der Waals surface area contributed by atoms with Crippen LogP contribution in [-0.2, 0) is 9.05 Å². The Labute approximate surface area is 204 Å². The molecule has 1 aromatic rings. The molecule has 0 aliphatic carbocycles. The minimum absolute atomic E-state index is 0.435. The molecule has 1 aromatic carbocycles. The SMILES string of the molecule is C/C=C1\C(=C/CC)OP(CCPO/C=C/C=C\C=C\C(=C\C)C/C=C\CC)c2ccccc21. The molecule has 2 unspecified atom stereocenters. The summed E-state index contributed by atoms with van der Waals surface area (Å²) in [7, 11) is -0.221. The van der Waals surface area contributed by atoms with E-state index in [9.17, 15) is 0 Å². The van der Waals surface area contributed by atoms with Crippen LogP contribution in [0, 0.1) is 0 Å². The maximum atomic E-state index is 6.45. The van der Waals surface area contributed by atoms with E-state index in [1.807, 2.05) is 18.2 Å². The summed E-state index contributed by atoms with van der Waals surface area (Å²) in [6, 6.07) is 8.67. The number of hydrogen-bond donors (Lipinski definition) is 0. The Morgan fingerprint density at radius 3 is 2.61 bits per heavy atom. The van der Waals surface area contributed by atoms with E-state index in [1.54, 1.807) is 6.26 Å². The van der Waals surface area contributed by atoms with E-state index in [0.29, 0.717) is 8.81 Å². The van der Waals surface area contributed by atoms with Gasteiger partial charge in [0.15, 0.2) is 0 Å². The van der Waals surface area contributed by atoms with Crippen molar-refractivity contribution in [3.8, 4) is 0 Å². The quantitative estimate of drug-likeness (QED) is 0.0977. The van der Waals surface area contributed by atoms with Crippen molar-refractivity contribution in [1.29, 1.82) is 0 Å². The highest BCUT2D eigenvalue weighted by atomic mass is 31.1. The van der Waals surface area contributed by atoms with Crippen molar-refractivity contribution in [3.63, 3.8) is 0 Å². The van der Waals surface area contributed by atoms with E-state index >= 15 is 0 Å². The molecule has 4 heteroatoms. The Morgan fingerprint density at radius 1 is 1.03 bits per heavy atom. The molecule has 0 amide bonds. The summed E-state index contributed by atoms with van der Waals surface area (Å²) >= 11 is 0. The maximum Gasteiger partial charge on any atom is 0.127 e. The van der Waals surface area contributed by atoms with Crippen molar-refractivity contribution in [2.75, 3.05) is 12.3 Å². The van der Waals surface area contributed by atoms with Crippen LogP contribution in [0.4, 0.5) is 0 Å². The molecule has 0 saturated carbocycles. The molecular weight excluding hydrogens is 442 g/mol. The van der Waals surface area contributed by atoms with Crippen LogP contribution >= 0.6 is 17.0 Å². The van der Waals surface area contributed by atoms with Crippen LogP contribution in [0.25, 0.3) is 5.57 Å². The van der Waals surface area contributed by atoms with Gasteiger partial charge in [0.1, 0.15) is 13.9 Å². The van der Waals surface area contributed by atoms with Crippen LogP contribution in [-0.4, -0.2) is 12.3 Å². The summed E-state index contributed by atoms with van der Waals surface area (Å²) in [6.45, 7) is 8.48. The van der Waals surface area contributed by atoms with Crippen molar-refractivity contribution in [2.45, 2.75) is 47.0 Å². The van der Waals surface area contributed by atoms with Gasteiger partial charge in [-0.3, -0.25) is 0 Å². The molecule has 0 aromatic heterocycles. The molecule has 2 rings (SSSR count). The predicted molar refractivity (Wildman–Crippen MR) is 150 cm³/mol. The summed E-state index contributed by atoms with van der Waals surface area (Å²) in [5.41, 5.74) is 3.85. The van der Waals surface area contributed by atoms with Gasteiger partial charge in [0.2, 0.25) is 0 Å². The Hall–Kier alpha value is -2.14. The smallest absolute Gasteiger partial charge is 0.127 e. The fourth-order valence-corrected chi connectivity index (χ4v) is 6.41. The van der Waals surface area contributed by atoms with Crippen molar-refractivity contribution >= 4 is 27.8 Å². The van der Waals surface area contributed by atoms with Gasteiger partial charge in [0.25, 0.3) is 0 Å². The van der Waals surface area contributed by atoms with Gasteiger partial charge in [-0.05, 0) is 56.4 Å². The third kappa shape index (κ3) is 9.32. The summed E-state index contributed by atoms with van der Waals surface area (Å²) < 4.78 is 12.2. The average Bonchev–Trinajstić information content (AvgIpc) is 2.84. The normalized spacial score (nSPS) is 19.8. The molecule has 33 heavy (non-hydrogen) atoms. The Morgan fingerprint density at radius 2 is 1.85 bits per heavy atom. The Kier molecular flexibility index (Phi) is 13.5. The second kappa shape index (κ2) is 16.5. The zero-order chi connectivity index (χ0) is 23.7. The first-order chi connectivity index (χ1) is 16.2. The highest BCUT2D eigenvalue weighted by Crippen LogP contribution is 2.49. The molecule has 1 heterocycles. The lowest BCUT2D eigenvalue weighted by Crippen LogP contribution is -2.18. The lowest BCUT2D eigenvalue weighted by molar-refractivity contribution is 0.498. The molecule has 0 spiro atoms.